The SMILES string of the molecule is CCNC1CCN(C(C)c2nccs2)C(C)C1. The fraction of sp³-hybridized carbons (Fsp3) is 0.769. The first-order chi connectivity index (χ1) is 8.22. The molecule has 1 saturated heterocycles. The zero-order valence-corrected chi connectivity index (χ0v) is 11.8. The van der Waals surface area contributed by atoms with Gasteiger partial charge in [-0.3, -0.25) is 4.90 Å². The third kappa shape index (κ3) is 3.06. The zero-order valence-electron chi connectivity index (χ0n) is 11.0. The summed E-state index contributed by atoms with van der Waals surface area (Å²) >= 11 is 1.77. The average Bonchev–Trinajstić information content (AvgIpc) is 2.82. The largest absolute Gasteiger partial charge is 0.314 e. The van der Waals surface area contributed by atoms with E-state index >= 15 is 0 Å². The van der Waals surface area contributed by atoms with Crippen LogP contribution in [0, 0.1) is 0 Å². The smallest absolute Gasteiger partial charge is 0.109 e. The Balaban J connectivity index is 1.95. The zero-order chi connectivity index (χ0) is 12.3. The van der Waals surface area contributed by atoms with E-state index in [9.17, 15) is 0 Å². The van der Waals surface area contributed by atoms with Gasteiger partial charge in [-0.1, -0.05) is 6.92 Å². The number of nitrogens with one attached hydrogen (secondary N) is 1. The molecule has 1 N–H and O–H groups in total. The normalized spacial score (nSPS) is 28.2. The molecule has 3 atom stereocenters. The molecule has 0 spiro atoms. The molecule has 3 unspecified atom stereocenters. The summed E-state index contributed by atoms with van der Waals surface area (Å²) in [5.74, 6) is 0. The Bertz CT molecular complexity index is 325. The van der Waals surface area contributed by atoms with E-state index < -0.39 is 0 Å². The molecular formula is C13H23N3S. The van der Waals surface area contributed by atoms with E-state index in [1.807, 2.05) is 6.20 Å². The quantitative estimate of drug-likeness (QED) is 0.894. The predicted octanol–water partition coefficient (Wildman–Crippen LogP) is 2.67. The molecule has 1 aliphatic heterocycles. The molecular weight excluding hydrogens is 230 g/mol. The number of aromatic nitrogens is 1. The number of nitrogens with zero attached hydrogens (tertiary/aromatic N) is 2. The topological polar surface area (TPSA) is 28.2 Å². The summed E-state index contributed by atoms with van der Waals surface area (Å²) < 4.78 is 0. The second kappa shape index (κ2) is 5.94. The molecule has 1 aliphatic rings. The van der Waals surface area contributed by atoms with Gasteiger partial charge in [-0.05, 0) is 33.2 Å². The molecule has 0 bridgehead atoms. The highest BCUT2D eigenvalue weighted by Gasteiger charge is 2.29. The minimum absolute atomic E-state index is 0.465. The third-order valence-corrected chi connectivity index (χ3v) is 4.67. The van der Waals surface area contributed by atoms with Gasteiger partial charge in [0.2, 0.25) is 0 Å². The predicted molar refractivity (Wildman–Crippen MR) is 73.4 cm³/mol. The number of thiazole rings is 1. The number of rotatable bonds is 4. The van der Waals surface area contributed by atoms with E-state index in [2.05, 4.69) is 41.4 Å². The molecule has 1 fully saturated rings. The van der Waals surface area contributed by atoms with E-state index in [0.29, 0.717) is 18.1 Å². The number of hydrogen-bond acceptors (Lipinski definition) is 4. The summed E-state index contributed by atoms with van der Waals surface area (Å²) in [5.41, 5.74) is 0. The van der Waals surface area contributed by atoms with Crippen LogP contribution in [0.1, 0.15) is 44.7 Å². The van der Waals surface area contributed by atoms with Crippen molar-refractivity contribution in [2.45, 2.75) is 51.7 Å². The minimum Gasteiger partial charge on any atom is -0.314 e. The van der Waals surface area contributed by atoms with Crippen molar-refractivity contribution >= 4 is 11.3 Å². The lowest BCUT2D eigenvalue weighted by Gasteiger charge is -2.40. The van der Waals surface area contributed by atoms with Crippen molar-refractivity contribution in [1.29, 1.82) is 0 Å². The van der Waals surface area contributed by atoms with Crippen LogP contribution in [0.2, 0.25) is 0 Å². The van der Waals surface area contributed by atoms with Crippen LogP contribution in [0.3, 0.4) is 0 Å². The molecule has 2 rings (SSSR count). The van der Waals surface area contributed by atoms with Gasteiger partial charge in [0, 0.05) is 30.2 Å². The van der Waals surface area contributed by atoms with Crippen LogP contribution >= 0.6 is 11.3 Å². The maximum atomic E-state index is 4.44. The van der Waals surface area contributed by atoms with Gasteiger partial charge in [0.1, 0.15) is 5.01 Å². The van der Waals surface area contributed by atoms with Crippen molar-refractivity contribution in [2.75, 3.05) is 13.1 Å². The maximum absolute atomic E-state index is 4.44. The first-order valence-corrected chi connectivity index (χ1v) is 7.48. The van der Waals surface area contributed by atoms with E-state index in [1.165, 1.54) is 24.4 Å². The van der Waals surface area contributed by atoms with Crippen LogP contribution in [0.4, 0.5) is 0 Å². The van der Waals surface area contributed by atoms with Crippen molar-refractivity contribution in [1.82, 2.24) is 15.2 Å². The first kappa shape index (κ1) is 13.0. The lowest BCUT2D eigenvalue weighted by atomic mass is 9.97. The van der Waals surface area contributed by atoms with E-state index in [1.54, 1.807) is 11.3 Å². The average molecular weight is 253 g/mol. The maximum Gasteiger partial charge on any atom is 0.109 e. The fourth-order valence-electron chi connectivity index (χ4n) is 2.82. The lowest BCUT2D eigenvalue weighted by molar-refractivity contribution is 0.0958. The Morgan fingerprint density at radius 3 is 3.06 bits per heavy atom. The van der Waals surface area contributed by atoms with Gasteiger partial charge in [-0.25, -0.2) is 4.98 Å². The van der Waals surface area contributed by atoms with E-state index in [0.717, 1.165) is 6.54 Å². The van der Waals surface area contributed by atoms with Gasteiger partial charge in [-0.2, -0.15) is 0 Å². The van der Waals surface area contributed by atoms with Gasteiger partial charge < -0.3 is 5.32 Å². The van der Waals surface area contributed by atoms with Crippen LogP contribution in [0.15, 0.2) is 11.6 Å². The second-order valence-corrected chi connectivity index (χ2v) is 5.84. The van der Waals surface area contributed by atoms with Gasteiger partial charge >= 0.3 is 0 Å². The van der Waals surface area contributed by atoms with Crippen molar-refractivity contribution in [3.05, 3.63) is 16.6 Å². The molecule has 0 radical (unpaired) electrons. The molecule has 4 heteroatoms. The van der Waals surface area contributed by atoms with Crippen LogP contribution < -0.4 is 5.32 Å². The minimum atomic E-state index is 0.465. The number of piperidine rings is 1. The molecule has 0 saturated carbocycles. The lowest BCUT2D eigenvalue weighted by Crippen LogP contribution is -2.48. The van der Waals surface area contributed by atoms with Crippen LogP contribution in [-0.2, 0) is 0 Å². The molecule has 0 aliphatic carbocycles. The molecule has 1 aromatic heterocycles. The van der Waals surface area contributed by atoms with Gasteiger partial charge in [0.25, 0.3) is 0 Å². The Labute approximate surface area is 108 Å². The molecule has 17 heavy (non-hydrogen) atoms. The van der Waals surface area contributed by atoms with E-state index in [4.69, 9.17) is 0 Å². The van der Waals surface area contributed by atoms with Crippen molar-refractivity contribution in [3.8, 4) is 0 Å². The second-order valence-electron chi connectivity index (χ2n) is 4.91. The highest BCUT2D eigenvalue weighted by Crippen LogP contribution is 2.29. The third-order valence-electron chi connectivity index (χ3n) is 3.73. The Kier molecular flexibility index (Phi) is 4.54. The Morgan fingerprint density at radius 1 is 1.65 bits per heavy atom. The van der Waals surface area contributed by atoms with Gasteiger partial charge in [0.05, 0.1) is 6.04 Å². The molecule has 1 aromatic rings. The Hall–Kier alpha value is -0.450. The Morgan fingerprint density at radius 2 is 2.47 bits per heavy atom. The first-order valence-electron chi connectivity index (χ1n) is 6.61. The summed E-state index contributed by atoms with van der Waals surface area (Å²) in [6.07, 6.45) is 4.42. The summed E-state index contributed by atoms with van der Waals surface area (Å²) in [7, 11) is 0. The standard InChI is InChI=1S/C13H23N3S/c1-4-14-12-5-7-16(10(2)9-12)11(3)13-15-6-8-17-13/h6,8,10-12,14H,4-5,7,9H2,1-3H3. The van der Waals surface area contributed by atoms with Gasteiger partial charge in [-0.15, -0.1) is 11.3 Å². The molecule has 0 amide bonds. The van der Waals surface area contributed by atoms with Crippen LogP contribution in [0.5, 0.6) is 0 Å². The van der Waals surface area contributed by atoms with Crippen LogP contribution in [0.25, 0.3) is 0 Å². The van der Waals surface area contributed by atoms with Crippen molar-refractivity contribution in [3.63, 3.8) is 0 Å². The van der Waals surface area contributed by atoms with Crippen LogP contribution in [-0.4, -0.2) is 35.1 Å². The fourth-order valence-corrected chi connectivity index (χ4v) is 3.54. The monoisotopic (exact) mass is 253 g/mol. The number of likely N-dealkylation sites (tertiary alicyclic amines) is 1. The van der Waals surface area contributed by atoms with Crippen molar-refractivity contribution < 1.29 is 0 Å². The highest BCUT2D eigenvalue weighted by molar-refractivity contribution is 7.09. The van der Waals surface area contributed by atoms with E-state index in [-0.39, 0.29) is 0 Å². The highest BCUT2D eigenvalue weighted by atomic mass is 32.1. The summed E-state index contributed by atoms with van der Waals surface area (Å²) in [6, 6.07) is 1.81. The molecule has 2 heterocycles. The number of hydrogen-bond donors (Lipinski definition) is 1. The molecule has 3 nitrogen and oxygen atoms in total. The molecule has 96 valence electrons. The van der Waals surface area contributed by atoms with Crippen molar-refractivity contribution in [2.24, 2.45) is 0 Å². The molecule has 0 aromatic carbocycles. The van der Waals surface area contributed by atoms with Gasteiger partial charge in [0.15, 0.2) is 0 Å². The summed E-state index contributed by atoms with van der Waals surface area (Å²) in [6.45, 7) is 9.07. The summed E-state index contributed by atoms with van der Waals surface area (Å²) in [5, 5.41) is 6.89. The summed E-state index contributed by atoms with van der Waals surface area (Å²) in [4.78, 5) is 7.03.